The summed E-state index contributed by atoms with van der Waals surface area (Å²) in [6, 6.07) is 14.5. The van der Waals surface area contributed by atoms with E-state index in [0.717, 1.165) is 22.9 Å². The predicted octanol–water partition coefficient (Wildman–Crippen LogP) is 5.40. The van der Waals surface area contributed by atoms with Crippen LogP contribution in [0.2, 0.25) is 5.02 Å². The smallest absolute Gasteiger partial charge is 0.270 e. The lowest BCUT2D eigenvalue weighted by atomic mass is 10.1. The Hall–Kier alpha value is -4.37. The molecule has 0 aliphatic carbocycles. The Labute approximate surface area is 193 Å². The van der Waals surface area contributed by atoms with Gasteiger partial charge in [0, 0.05) is 47.7 Å². The summed E-state index contributed by atoms with van der Waals surface area (Å²) < 4.78 is 0. The molecule has 33 heavy (non-hydrogen) atoms. The van der Waals surface area contributed by atoms with Gasteiger partial charge in [0.1, 0.15) is 0 Å². The van der Waals surface area contributed by atoms with Gasteiger partial charge in [-0.15, -0.1) is 0 Å². The van der Waals surface area contributed by atoms with Crippen LogP contribution in [-0.2, 0) is 0 Å². The molecular formula is C23H17ClN6O3. The number of hydrogen-bond acceptors (Lipinski definition) is 7. The van der Waals surface area contributed by atoms with E-state index >= 15 is 0 Å². The molecule has 0 aliphatic heterocycles. The van der Waals surface area contributed by atoms with Crippen molar-refractivity contribution in [2.24, 2.45) is 0 Å². The highest BCUT2D eigenvalue weighted by atomic mass is 35.5. The number of nitro groups is 1. The van der Waals surface area contributed by atoms with E-state index in [2.05, 4.69) is 25.6 Å². The summed E-state index contributed by atoms with van der Waals surface area (Å²) in [5, 5.41) is 16.8. The predicted molar refractivity (Wildman–Crippen MR) is 126 cm³/mol. The van der Waals surface area contributed by atoms with Gasteiger partial charge < -0.3 is 10.6 Å². The third-order valence-electron chi connectivity index (χ3n) is 4.76. The molecule has 0 aliphatic rings. The highest BCUT2D eigenvalue weighted by molar-refractivity contribution is 6.34. The lowest BCUT2D eigenvalue weighted by Gasteiger charge is -2.12. The van der Waals surface area contributed by atoms with Crippen molar-refractivity contribution in [1.29, 1.82) is 0 Å². The zero-order chi connectivity index (χ0) is 23.4. The summed E-state index contributed by atoms with van der Waals surface area (Å²) in [5.74, 6) is -0.0964. The molecule has 2 aromatic heterocycles. The quantitative estimate of drug-likeness (QED) is 0.291. The Kier molecular flexibility index (Phi) is 6.23. The summed E-state index contributed by atoms with van der Waals surface area (Å²) in [6.07, 6.45) is 5.06. The number of aromatic nitrogens is 3. The zero-order valence-electron chi connectivity index (χ0n) is 17.3. The first-order valence-electron chi connectivity index (χ1n) is 9.77. The molecule has 0 saturated heterocycles. The summed E-state index contributed by atoms with van der Waals surface area (Å²) in [7, 11) is 0. The van der Waals surface area contributed by atoms with Crippen molar-refractivity contribution >= 4 is 40.5 Å². The molecule has 1 amide bonds. The standard InChI is InChI=1S/C23H17ClN6O3/c1-14-4-5-16(27-22(31)18-7-6-17(30(32)33)12-19(18)24)11-21(14)29-23-26-10-8-20(28-23)15-3-2-9-25-13-15/h2-13H,1H3,(H,27,31)(H,26,28,29). The SMILES string of the molecule is Cc1ccc(NC(=O)c2ccc([N+](=O)[O-])cc2Cl)cc1Nc1nccc(-c2cccnc2)n1. The molecule has 0 saturated carbocycles. The first-order valence-corrected chi connectivity index (χ1v) is 10.1. The number of anilines is 3. The summed E-state index contributed by atoms with van der Waals surface area (Å²) in [4.78, 5) is 35.9. The van der Waals surface area contributed by atoms with Crippen LogP contribution in [-0.4, -0.2) is 25.8 Å². The molecule has 164 valence electrons. The molecule has 0 radical (unpaired) electrons. The van der Waals surface area contributed by atoms with Crippen molar-refractivity contribution in [1.82, 2.24) is 15.0 Å². The maximum atomic E-state index is 12.7. The van der Waals surface area contributed by atoms with Crippen molar-refractivity contribution in [2.75, 3.05) is 10.6 Å². The van der Waals surface area contributed by atoms with Crippen molar-refractivity contribution in [2.45, 2.75) is 6.92 Å². The number of carbonyl (C=O) groups excluding carboxylic acids is 1. The molecular weight excluding hydrogens is 444 g/mol. The van der Waals surface area contributed by atoms with E-state index < -0.39 is 10.8 Å². The average molecular weight is 461 g/mol. The monoisotopic (exact) mass is 460 g/mol. The molecule has 0 unspecified atom stereocenters. The number of halogens is 1. The Bertz CT molecular complexity index is 1350. The van der Waals surface area contributed by atoms with Crippen LogP contribution in [0.5, 0.6) is 0 Å². The van der Waals surface area contributed by atoms with Crippen LogP contribution in [0, 0.1) is 17.0 Å². The topological polar surface area (TPSA) is 123 Å². The number of carbonyl (C=O) groups is 1. The van der Waals surface area contributed by atoms with Crippen LogP contribution in [0.4, 0.5) is 23.0 Å². The van der Waals surface area contributed by atoms with Gasteiger partial charge >= 0.3 is 0 Å². The Balaban J connectivity index is 1.54. The molecule has 0 bridgehead atoms. The lowest BCUT2D eigenvalue weighted by Crippen LogP contribution is -2.13. The van der Waals surface area contributed by atoms with E-state index in [1.165, 1.54) is 12.1 Å². The summed E-state index contributed by atoms with van der Waals surface area (Å²) >= 11 is 6.07. The highest BCUT2D eigenvalue weighted by Gasteiger charge is 2.15. The maximum Gasteiger partial charge on any atom is 0.270 e. The van der Waals surface area contributed by atoms with Crippen LogP contribution in [0.3, 0.4) is 0 Å². The Morgan fingerprint density at radius 1 is 1.09 bits per heavy atom. The molecule has 10 heteroatoms. The zero-order valence-corrected chi connectivity index (χ0v) is 18.1. The molecule has 0 fully saturated rings. The molecule has 2 heterocycles. The minimum Gasteiger partial charge on any atom is -0.324 e. The second kappa shape index (κ2) is 9.41. The number of rotatable bonds is 6. The lowest BCUT2D eigenvalue weighted by molar-refractivity contribution is -0.384. The number of amides is 1. The molecule has 2 aromatic carbocycles. The van der Waals surface area contributed by atoms with Crippen LogP contribution in [0.15, 0.2) is 73.2 Å². The normalized spacial score (nSPS) is 10.5. The van der Waals surface area contributed by atoms with E-state index in [9.17, 15) is 14.9 Å². The van der Waals surface area contributed by atoms with E-state index in [1.54, 1.807) is 36.8 Å². The largest absolute Gasteiger partial charge is 0.324 e. The first-order chi connectivity index (χ1) is 15.9. The van der Waals surface area contributed by atoms with Crippen LogP contribution in [0.1, 0.15) is 15.9 Å². The molecule has 9 nitrogen and oxygen atoms in total. The fourth-order valence-corrected chi connectivity index (χ4v) is 3.31. The number of nitro benzene ring substituents is 1. The van der Waals surface area contributed by atoms with Crippen molar-refractivity contribution in [3.63, 3.8) is 0 Å². The Morgan fingerprint density at radius 3 is 2.67 bits per heavy atom. The van der Waals surface area contributed by atoms with Crippen molar-refractivity contribution in [3.05, 3.63) is 99.5 Å². The number of non-ortho nitro benzene ring substituents is 1. The molecule has 2 N–H and O–H groups in total. The Morgan fingerprint density at radius 2 is 1.94 bits per heavy atom. The molecule has 0 spiro atoms. The van der Waals surface area contributed by atoms with Crippen molar-refractivity contribution < 1.29 is 9.72 Å². The van der Waals surface area contributed by atoms with Gasteiger partial charge in [-0.2, -0.15) is 0 Å². The fourth-order valence-electron chi connectivity index (χ4n) is 3.05. The fraction of sp³-hybridized carbons (Fsp3) is 0.0435. The first kappa shape index (κ1) is 21.8. The van der Waals surface area contributed by atoms with Crippen LogP contribution in [0.25, 0.3) is 11.3 Å². The third-order valence-corrected chi connectivity index (χ3v) is 5.08. The maximum absolute atomic E-state index is 12.7. The van der Waals surface area contributed by atoms with Crippen LogP contribution >= 0.6 is 11.6 Å². The summed E-state index contributed by atoms with van der Waals surface area (Å²) in [5.41, 5.74) is 3.64. The van der Waals surface area contributed by atoms with Gasteiger partial charge in [-0.05, 0) is 48.9 Å². The van der Waals surface area contributed by atoms with E-state index in [-0.39, 0.29) is 16.3 Å². The van der Waals surface area contributed by atoms with Gasteiger partial charge in [-0.3, -0.25) is 19.9 Å². The average Bonchev–Trinajstić information content (AvgIpc) is 2.82. The number of aryl methyl sites for hydroxylation is 1. The number of nitrogens with zero attached hydrogens (tertiary/aromatic N) is 4. The van der Waals surface area contributed by atoms with Gasteiger partial charge in [0.15, 0.2) is 0 Å². The highest BCUT2D eigenvalue weighted by Crippen LogP contribution is 2.26. The second-order valence-electron chi connectivity index (χ2n) is 7.04. The van der Waals surface area contributed by atoms with Gasteiger partial charge in [0.2, 0.25) is 5.95 Å². The van der Waals surface area contributed by atoms with Gasteiger partial charge in [0.25, 0.3) is 11.6 Å². The van der Waals surface area contributed by atoms with E-state index in [1.807, 2.05) is 25.1 Å². The minimum absolute atomic E-state index is 0.00669. The second-order valence-corrected chi connectivity index (χ2v) is 7.44. The van der Waals surface area contributed by atoms with Crippen molar-refractivity contribution in [3.8, 4) is 11.3 Å². The number of pyridine rings is 1. The van der Waals surface area contributed by atoms with Gasteiger partial charge in [-0.1, -0.05) is 17.7 Å². The van der Waals surface area contributed by atoms with Gasteiger partial charge in [0.05, 0.1) is 21.2 Å². The number of nitrogens with one attached hydrogen (secondary N) is 2. The summed E-state index contributed by atoms with van der Waals surface area (Å²) in [6.45, 7) is 1.91. The molecule has 4 aromatic rings. The third kappa shape index (κ3) is 5.10. The van der Waals surface area contributed by atoms with E-state index in [4.69, 9.17) is 11.6 Å². The minimum atomic E-state index is -0.573. The molecule has 4 rings (SSSR count). The van der Waals surface area contributed by atoms with Gasteiger partial charge in [-0.25, -0.2) is 9.97 Å². The molecule has 0 atom stereocenters. The van der Waals surface area contributed by atoms with E-state index in [0.29, 0.717) is 17.3 Å². The number of hydrogen-bond donors (Lipinski definition) is 2. The van der Waals surface area contributed by atoms with Crippen LogP contribution < -0.4 is 10.6 Å². The number of benzene rings is 2.